The van der Waals surface area contributed by atoms with Crippen LogP contribution in [-0.4, -0.2) is 23.5 Å². The fourth-order valence-electron chi connectivity index (χ4n) is 3.79. The highest BCUT2D eigenvalue weighted by molar-refractivity contribution is 6.34. The van der Waals surface area contributed by atoms with E-state index in [9.17, 15) is 5.02 Å². The lowest BCUT2D eigenvalue weighted by molar-refractivity contribution is -0.0902. The zero-order valence-corrected chi connectivity index (χ0v) is 13.7. The third-order valence-corrected chi connectivity index (χ3v) is 5.95. The standard InChI is InChI=1S/C16H31BO3/c1-13-9-5-7-11-15(13,3)19-17(18)20-16(4)12-8-6-10-14(16)2/h13-14,18H,5-12H2,1-4H3. The molecule has 4 unspecified atom stereocenters. The van der Waals surface area contributed by atoms with Crippen molar-refractivity contribution >= 4 is 7.32 Å². The van der Waals surface area contributed by atoms with Crippen LogP contribution >= 0.6 is 0 Å². The molecule has 2 rings (SSSR count). The molecule has 0 amide bonds. The van der Waals surface area contributed by atoms with Crippen LogP contribution in [0.25, 0.3) is 0 Å². The molecule has 0 bridgehead atoms. The summed E-state index contributed by atoms with van der Waals surface area (Å²) in [7, 11) is -1.09. The van der Waals surface area contributed by atoms with Crippen molar-refractivity contribution in [2.45, 2.75) is 90.3 Å². The molecule has 3 nitrogen and oxygen atoms in total. The van der Waals surface area contributed by atoms with Gasteiger partial charge in [0.15, 0.2) is 0 Å². The number of hydrogen-bond donors (Lipinski definition) is 1. The Morgan fingerprint density at radius 3 is 1.60 bits per heavy atom. The van der Waals surface area contributed by atoms with E-state index in [-0.39, 0.29) is 11.2 Å². The Hall–Kier alpha value is -0.0551. The van der Waals surface area contributed by atoms with Crippen molar-refractivity contribution in [3.05, 3.63) is 0 Å². The summed E-state index contributed by atoms with van der Waals surface area (Å²) in [6, 6.07) is 0. The molecule has 4 atom stereocenters. The maximum atomic E-state index is 10.3. The molecule has 0 saturated heterocycles. The van der Waals surface area contributed by atoms with Gasteiger partial charge in [0, 0.05) is 0 Å². The summed E-state index contributed by atoms with van der Waals surface area (Å²) in [6.45, 7) is 8.68. The van der Waals surface area contributed by atoms with Gasteiger partial charge in [0.2, 0.25) is 0 Å². The second-order valence-corrected chi connectivity index (χ2v) is 7.46. The van der Waals surface area contributed by atoms with Crippen molar-refractivity contribution in [2.75, 3.05) is 0 Å². The first-order chi connectivity index (χ1) is 9.36. The lowest BCUT2D eigenvalue weighted by atomic mass is 9.75. The quantitative estimate of drug-likeness (QED) is 0.794. The van der Waals surface area contributed by atoms with Crippen LogP contribution in [0.4, 0.5) is 0 Å². The Kier molecular flexibility index (Phi) is 5.20. The Labute approximate surface area is 124 Å². The first-order valence-corrected chi connectivity index (χ1v) is 8.39. The molecule has 2 saturated carbocycles. The predicted molar refractivity (Wildman–Crippen MR) is 82.2 cm³/mol. The van der Waals surface area contributed by atoms with Gasteiger partial charge in [-0.25, -0.2) is 0 Å². The molecule has 2 fully saturated rings. The van der Waals surface area contributed by atoms with Crippen molar-refractivity contribution in [3.63, 3.8) is 0 Å². The first kappa shape index (κ1) is 16.3. The van der Waals surface area contributed by atoms with Crippen molar-refractivity contribution < 1.29 is 14.3 Å². The van der Waals surface area contributed by atoms with Crippen LogP contribution < -0.4 is 0 Å². The monoisotopic (exact) mass is 282 g/mol. The van der Waals surface area contributed by atoms with Crippen molar-refractivity contribution in [3.8, 4) is 0 Å². The third-order valence-electron chi connectivity index (χ3n) is 5.95. The van der Waals surface area contributed by atoms with E-state index in [2.05, 4.69) is 27.7 Å². The predicted octanol–water partition coefficient (Wildman–Crippen LogP) is 3.93. The van der Waals surface area contributed by atoms with Gasteiger partial charge in [-0.2, -0.15) is 0 Å². The van der Waals surface area contributed by atoms with Gasteiger partial charge in [-0.1, -0.05) is 39.5 Å². The minimum atomic E-state index is -1.09. The smallest absolute Gasteiger partial charge is 0.402 e. The van der Waals surface area contributed by atoms with E-state index in [4.69, 9.17) is 9.31 Å². The van der Waals surface area contributed by atoms with Crippen molar-refractivity contribution in [1.29, 1.82) is 0 Å². The van der Waals surface area contributed by atoms with E-state index in [1.807, 2.05) is 0 Å². The van der Waals surface area contributed by atoms with Crippen molar-refractivity contribution in [1.82, 2.24) is 0 Å². The Morgan fingerprint density at radius 2 is 1.25 bits per heavy atom. The fourth-order valence-corrected chi connectivity index (χ4v) is 3.79. The van der Waals surface area contributed by atoms with Crippen molar-refractivity contribution in [2.24, 2.45) is 11.8 Å². The average Bonchev–Trinajstić information content (AvgIpc) is 2.36. The molecule has 20 heavy (non-hydrogen) atoms. The molecule has 2 aliphatic carbocycles. The van der Waals surface area contributed by atoms with Gasteiger partial charge < -0.3 is 14.3 Å². The lowest BCUT2D eigenvalue weighted by Crippen LogP contribution is -2.50. The Morgan fingerprint density at radius 1 is 0.850 bits per heavy atom. The van der Waals surface area contributed by atoms with Crippen LogP contribution in [0.15, 0.2) is 0 Å². The summed E-state index contributed by atoms with van der Waals surface area (Å²) in [5, 5.41) is 10.3. The maximum absolute atomic E-state index is 10.3. The molecule has 0 aromatic rings. The van der Waals surface area contributed by atoms with Crippen LogP contribution in [0.2, 0.25) is 0 Å². The molecule has 1 N–H and O–H groups in total. The SMILES string of the molecule is CC1CCCCC1(C)OB(O)OC1(C)CCCCC1C. The first-order valence-electron chi connectivity index (χ1n) is 8.39. The summed E-state index contributed by atoms with van der Waals surface area (Å²) < 4.78 is 11.9. The average molecular weight is 282 g/mol. The van der Waals surface area contributed by atoms with Crippen LogP contribution in [0.3, 0.4) is 0 Å². The maximum Gasteiger partial charge on any atom is 0.637 e. The summed E-state index contributed by atoms with van der Waals surface area (Å²) in [5.41, 5.74) is -0.488. The molecule has 0 heterocycles. The largest absolute Gasteiger partial charge is 0.637 e. The molecule has 2 aliphatic rings. The normalized spacial score (nSPS) is 42.5. The molecule has 0 radical (unpaired) electrons. The zero-order valence-electron chi connectivity index (χ0n) is 13.7. The summed E-state index contributed by atoms with van der Waals surface area (Å²) in [5.74, 6) is 0.956. The van der Waals surface area contributed by atoms with Crippen LogP contribution in [0, 0.1) is 11.8 Å². The molecule has 116 valence electrons. The minimum absolute atomic E-state index is 0.244. The topological polar surface area (TPSA) is 38.7 Å². The Balaban J connectivity index is 1.92. The van der Waals surface area contributed by atoms with Crippen LogP contribution in [0.1, 0.15) is 79.1 Å². The van der Waals surface area contributed by atoms with Gasteiger partial charge >= 0.3 is 7.32 Å². The third kappa shape index (κ3) is 3.58. The molecule has 4 heteroatoms. The van der Waals surface area contributed by atoms with Gasteiger partial charge in [-0.05, 0) is 51.4 Å². The molecular weight excluding hydrogens is 251 g/mol. The fraction of sp³-hybridized carbons (Fsp3) is 1.00. The van der Waals surface area contributed by atoms with Gasteiger partial charge in [0.25, 0.3) is 0 Å². The second-order valence-electron chi connectivity index (χ2n) is 7.46. The minimum Gasteiger partial charge on any atom is -0.402 e. The van der Waals surface area contributed by atoms with Crippen LogP contribution in [-0.2, 0) is 9.31 Å². The Bertz CT molecular complexity index is 295. The molecular formula is C16H31BO3. The van der Waals surface area contributed by atoms with Gasteiger partial charge in [0.1, 0.15) is 0 Å². The van der Waals surface area contributed by atoms with E-state index in [0.29, 0.717) is 11.8 Å². The van der Waals surface area contributed by atoms with E-state index in [1.54, 1.807) is 0 Å². The summed E-state index contributed by atoms with van der Waals surface area (Å²) in [4.78, 5) is 0. The van der Waals surface area contributed by atoms with E-state index in [1.165, 1.54) is 38.5 Å². The highest BCUT2D eigenvalue weighted by Crippen LogP contribution is 2.39. The number of hydrogen-bond acceptors (Lipinski definition) is 3. The summed E-state index contributed by atoms with van der Waals surface area (Å²) in [6.07, 6.45) is 9.29. The molecule has 0 aromatic carbocycles. The van der Waals surface area contributed by atoms with Crippen LogP contribution in [0.5, 0.6) is 0 Å². The lowest BCUT2D eigenvalue weighted by Gasteiger charge is -2.44. The van der Waals surface area contributed by atoms with Gasteiger partial charge in [-0.3, -0.25) is 0 Å². The highest BCUT2D eigenvalue weighted by atomic mass is 16.7. The van der Waals surface area contributed by atoms with E-state index >= 15 is 0 Å². The second kappa shape index (κ2) is 6.37. The van der Waals surface area contributed by atoms with Gasteiger partial charge in [-0.15, -0.1) is 0 Å². The summed E-state index contributed by atoms with van der Waals surface area (Å²) >= 11 is 0. The van der Waals surface area contributed by atoms with E-state index < -0.39 is 7.32 Å². The molecule has 0 aliphatic heterocycles. The molecule has 0 aromatic heterocycles. The highest BCUT2D eigenvalue weighted by Gasteiger charge is 2.43. The van der Waals surface area contributed by atoms with E-state index in [0.717, 1.165) is 12.8 Å². The number of rotatable bonds is 4. The van der Waals surface area contributed by atoms with Gasteiger partial charge in [0.05, 0.1) is 11.2 Å². The molecule has 0 spiro atoms. The zero-order chi connectivity index (χ0) is 14.8.